The molecule has 2 N–H and O–H groups in total. The smallest absolute Gasteiger partial charge is 0.305 e. The highest BCUT2D eigenvalue weighted by Gasteiger charge is 2.13. The first kappa shape index (κ1) is 14.1. The number of benzene rings is 1. The van der Waals surface area contributed by atoms with Gasteiger partial charge in [0, 0.05) is 0 Å². The normalized spacial score (nSPS) is 9.88. The average Bonchev–Trinajstić information content (AvgIpc) is 2.29. The summed E-state index contributed by atoms with van der Waals surface area (Å²) in [5, 5.41) is 5.02. The third-order valence-electron chi connectivity index (χ3n) is 1.90. The van der Waals surface area contributed by atoms with Crippen molar-refractivity contribution >= 4 is 52.4 Å². The van der Waals surface area contributed by atoms with Crippen molar-refractivity contribution in [2.24, 2.45) is 0 Å². The van der Waals surface area contributed by atoms with Gasteiger partial charge in [-0.15, -0.1) is 11.6 Å². The lowest BCUT2D eigenvalue weighted by Gasteiger charge is -2.11. The van der Waals surface area contributed by atoms with Crippen molar-refractivity contribution in [1.82, 2.24) is 5.32 Å². The van der Waals surface area contributed by atoms with Crippen LogP contribution in [0.4, 0.5) is 10.5 Å². The maximum atomic E-state index is 11.4. The molecule has 92 valence electrons. The van der Waals surface area contributed by atoms with Gasteiger partial charge in [-0.25, -0.2) is 4.79 Å². The van der Waals surface area contributed by atoms with E-state index in [2.05, 4.69) is 5.32 Å². The summed E-state index contributed by atoms with van der Waals surface area (Å²) in [5.41, 5.74) is 1.02. The summed E-state index contributed by atoms with van der Waals surface area (Å²) in [5.74, 6) is -0.910. The number of urea groups is 1. The summed E-state index contributed by atoms with van der Waals surface area (Å²) in [6, 6.07) is 2.59. The second-order valence-corrected chi connectivity index (χ2v) is 4.24. The quantitative estimate of drug-likeness (QED) is 0.823. The van der Waals surface area contributed by atoms with Gasteiger partial charge in [-0.05, 0) is 18.6 Å². The lowest BCUT2D eigenvalue weighted by atomic mass is 10.2. The Hall–Kier alpha value is -0.970. The van der Waals surface area contributed by atoms with Crippen LogP contribution in [0.1, 0.15) is 5.56 Å². The van der Waals surface area contributed by atoms with Gasteiger partial charge in [0.05, 0.1) is 15.7 Å². The Labute approximate surface area is 113 Å². The number of alkyl halides is 1. The Balaban J connectivity index is 2.85. The van der Waals surface area contributed by atoms with Crippen LogP contribution in [-0.2, 0) is 4.79 Å². The predicted molar refractivity (Wildman–Crippen MR) is 69.1 cm³/mol. The number of carbonyl (C=O) groups excluding carboxylic acids is 2. The minimum atomic E-state index is -0.731. The van der Waals surface area contributed by atoms with Crippen molar-refractivity contribution in [3.63, 3.8) is 0 Å². The van der Waals surface area contributed by atoms with Crippen molar-refractivity contribution in [3.8, 4) is 0 Å². The fourth-order valence-electron chi connectivity index (χ4n) is 1.08. The zero-order chi connectivity index (χ0) is 13.0. The third-order valence-corrected chi connectivity index (χ3v) is 2.94. The van der Waals surface area contributed by atoms with E-state index in [9.17, 15) is 9.59 Å². The lowest BCUT2D eigenvalue weighted by Crippen LogP contribution is -2.35. The van der Waals surface area contributed by atoms with Crippen molar-refractivity contribution in [2.45, 2.75) is 6.92 Å². The van der Waals surface area contributed by atoms with Gasteiger partial charge in [-0.1, -0.05) is 29.3 Å². The molecule has 0 unspecified atom stereocenters. The molecule has 0 aliphatic heterocycles. The number of amides is 3. The van der Waals surface area contributed by atoms with Crippen LogP contribution in [0.3, 0.4) is 0 Å². The van der Waals surface area contributed by atoms with Crippen LogP contribution in [0.25, 0.3) is 0 Å². The van der Waals surface area contributed by atoms with Crippen molar-refractivity contribution < 1.29 is 9.59 Å². The van der Waals surface area contributed by atoms with Crippen LogP contribution >= 0.6 is 34.8 Å². The molecule has 1 aromatic carbocycles. The Morgan fingerprint density at radius 2 is 1.94 bits per heavy atom. The van der Waals surface area contributed by atoms with E-state index < -0.39 is 11.9 Å². The molecular weight excluding hydrogens is 286 g/mol. The molecule has 0 atom stereocenters. The zero-order valence-electron chi connectivity index (χ0n) is 8.81. The molecule has 7 heteroatoms. The molecule has 0 heterocycles. The maximum absolute atomic E-state index is 11.4. The van der Waals surface area contributed by atoms with E-state index in [1.165, 1.54) is 0 Å². The summed E-state index contributed by atoms with van der Waals surface area (Å²) < 4.78 is 0. The number of imide groups is 1. The van der Waals surface area contributed by atoms with Crippen LogP contribution in [0.2, 0.25) is 10.0 Å². The monoisotopic (exact) mass is 294 g/mol. The van der Waals surface area contributed by atoms with Gasteiger partial charge in [0.15, 0.2) is 0 Å². The van der Waals surface area contributed by atoms with E-state index in [1.54, 1.807) is 19.1 Å². The highest BCUT2D eigenvalue weighted by Crippen LogP contribution is 2.32. The Morgan fingerprint density at radius 3 is 2.53 bits per heavy atom. The summed E-state index contributed by atoms with van der Waals surface area (Å²) in [4.78, 5) is 22.3. The molecule has 0 fully saturated rings. The molecule has 0 aromatic heterocycles. The fourth-order valence-corrected chi connectivity index (χ4v) is 1.61. The molecule has 3 amide bonds. The highest BCUT2D eigenvalue weighted by atomic mass is 35.5. The second kappa shape index (κ2) is 6.10. The van der Waals surface area contributed by atoms with Crippen molar-refractivity contribution in [3.05, 3.63) is 27.7 Å². The SMILES string of the molecule is Cc1ccc(Cl)c(NC(=O)NC(=O)CCl)c1Cl. The summed E-state index contributed by atoms with van der Waals surface area (Å²) in [6.07, 6.45) is 0. The van der Waals surface area contributed by atoms with Gasteiger partial charge in [0.2, 0.25) is 5.91 Å². The van der Waals surface area contributed by atoms with Gasteiger partial charge >= 0.3 is 6.03 Å². The van der Waals surface area contributed by atoms with Gasteiger partial charge in [-0.2, -0.15) is 0 Å². The van der Waals surface area contributed by atoms with Gasteiger partial charge < -0.3 is 5.32 Å². The number of anilines is 1. The first-order chi connectivity index (χ1) is 7.95. The minimum Gasteiger partial charge on any atom is -0.305 e. The largest absolute Gasteiger partial charge is 0.325 e. The molecular formula is C10H9Cl3N2O2. The maximum Gasteiger partial charge on any atom is 0.325 e. The second-order valence-electron chi connectivity index (χ2n) is 3.19. The summed E-state index contributed by atoms with van der Waals surface area (Å²) in [7, 11) is 0. The van der Waals surface area contributed by atoms with Gasteiger partial charge in [-0.3, -0.25) is 10.1 Å². The molecule has 0 radical (unpaired) electrons. The zero-order valence-corrected chi connectivity index (χ0v) is 11.1. The Morgan fingerprint density at radius 1 is 1.29 bits per heavy atom. The number of aryl methyl sites for hydroxylation is 1. The highest BCUT2D eigenvalue weighted by molar-refractivity contribution is 6.40. The lowest BCUT2D eigenvalue weighted by molar-refractivity contribution is -0.117. The number of nitrogens with one attached hydrogen (secondary N) is 2. The fraction of sp³-hybridized carbons (Fsp3) is 0.200. The van der Waals surface area contributed by atoms with E-state index in [1.807, 2.05) is 5.32 Å². The van der Waals surface area contributed by atoms with Gasteiger partial charge in [0.25, 0.3) is 0 Å². The molecule has 0 spiro atoms. The first-order valence-corrected chi connectivity index (χ1v) is 5.86. The molecule has 0 aliphatic carbocycles. The standard InChI is InChI=1S/C10H9Cl3N2O2/c1-5-2-3-6(12)9(8(5)13)15-10(17)14-7(16)4-11/h2-3H,4H2,1H3,(H2,14,15,16,17). The molecule has 0 saturated heterocycles. The van der Waals surface area contributed by atoms with Crippen LogP contribution in [-0.4, -0.2) is 17.8 Å². The van der Waals surface area contributed by atoms with E-state index in [4.69, 9.17) is 34.8 Å². The molecule has 17 heavy (non-hydrogen) atoms. The molecule has 4 nitrogen and oxygen atoms in total. The van der Waals surface area contributed by atoms with Gasteiger partial charge in [0.1, 0.15) is 5.88 Å². The third kappa shape index (κ3) is 3.77. The number of hydrogen-bond donors (Lipinski definition) is 2. The van der Waals surface area contributed by atoms with E-state index >= 15 is 0 Å². The molecule has 1 aromatic rings. The van der Waals surface area contributed by atoms with Crippen molar-refractivity contribution in [2.75, 3.05) is 11.2 Å². The molecule has 0 aliphatic rings. The van der Waals surface area contributed by atoms with Crippen molar-refractivity contribution in [1.29, 1.82) is 0 Å². The molecule has 1 rings (SSSR count). The van der Waals surface area contributed by atoms with Crippen LogP contribution < -0.4 is 10.6 Å². The summed E-state index contributed by atoms with van der Waals surface area (Å²) >= 11 is 17.1. The number of carbonyl (C=O) groups is 2. The summed E-state index contributed by atoms with van der Waals surface area (Å²) in [6.45, 7) is 1.77. The molecule has 0 saturated carbocycles. The number of hydrogen-bond acceptors (Lipinski definition) is 2. The topological polar surface area (TPSA) is 58.2 Å². The van der Waals surface area contributed by atoms with E-state index in [0.717, 1.165) is 5.56 Å². The predicted octanol–water partition coefficient (Wildman–Crippen LogP) is 3.19. The first-order valence-electron chi connectivity index (χ1n) is 4.57. The van der Waals surface area contributed by atoms with E-state index in [0.29, 0.717) is 5.02 Å². The van der Waals surface area contributed by atoms with E-state index in [-0.39, 0.29) is 16.6 Å². The van der Waals surface area contributed by atoms with Crippen LogP contribution in [0.15, 0.2) is 12.1 Å². The molecule has 0 bridgehead atoms. The minimum absolute atomic E-state index is 0.258. The number of rotatable bonds is 2. The Bertz CT molecular complexity index is 463. The van der Waals surface area contributed by atoms with Crippen LogP contribution in [0, 0.1) is 6.92 Å². The Kier molecular flexibility index (Phi) is 5.05. The average molecular weight is 296 g/mol. The number of halogens is 3. The van der Waals surface area contributed by atoms with Crippen LogP contribution in [0.5, 0.6) is 0 Å².